The van der Waals surface area contributed by atoms with Crippen LogP contribution in [-0.4, -0.2) is 29.8 Å². The van der Waals surface area contributed by atoms with Crippen molar-refractivity contribution in [3.05, 3.63) is 77.9 Å². The van der Waals surface area contributed by atoms with Gasteiger partial charge in [0.25, 0.3) is 0 Å². The second kappa shape index (κ2) is 8.94. The van der Waals surface area contributed by atoms with Crippen molar-refractivity contribution in [2.75, 3.05) is 14.2 Å². The van der Waals surface area contributed by atoms with Crippen molar-refractivity contribution in [1.29, 1.82) is 0 Å². The molecule has 2 aromatic carbocycles. The van der Waals surface area contributed by atoms with Crippen molar-refractivity contribution in [1.82, 2.24) is 20.2 Å². The minimum absolute atomic E-state index is 0.315. The first-order valence-corrected chi connectivity index (χ1v) is 8.90. The third kappa shape index (κ3) is 4.25. The van der Waals surface area contributed by atoms with Crippen molar-refractivity contribution >= 4 is 6.03 Å². The van der Waals surface area contributed by atoms with E-state index in [1.165, 1.54) is 0 Å². The Kier molecular flexibility index (Phi) is 6.16. The highest BCUT2D eigenvalue weighted by Crippen LogP contribution is 2.29. The Balaban J connectivity index is 1.80. The zero-order chi connectivity index (χ0) is 19.9. The van der Waals surface area contributed by atoms with E-state index in [1.54, 1.807) is 20.4 Å². The molecule has 1 unspecified atom stereocenters. The lowest BCUT2D eigenvalue weighted by atomic mass is 10.0. The van der Waals surface area contributed by atoms with Crippen LogP contribution in [0, 0.1) is 0 Å². The number of methoxy groups -OCH3 is 2. The third-order valence-corrected chi connectivity index (χ3v) is 4.47. The van der Waals surface area contributed by atoms with Gasteiger partial charge in [0.1, 0.15) is 23.4 Å². The second-order valence-corrected chi connectivity index (χ2v) is 6.21. The predicted molar refractivity (Wildman–Crippen MR) is 106 cm³/mol. The van der Waals surface area contributed by atoms with Gasteiger partial charge in [-0.05, 0) is 12.1 Å². The molecule has 2 N–H and O–H groups in total. The van der Waals surface area contributed by atoms with Gasteiger partial charge in [0.05, 0.1) is 14.2 Å². The lowest BCUT2D eigenvalue weighted by Gasteiger charge is -2.21. The Hall–Kier alpha value is -3.48. The Morgan fingerprint density at radius 3 is 2.43 bits per heavy atom. The van der Waals surface area contributed by atoms with Gasteiger partial charge in [-0.1, -0.05) is 36.4 Å². The molecule has 0 saturated heterocycles. The SMILES string of the molecule is COc1ccccc1CNC(=O)NC(c1ccccc1OC)c1nccn1C. The molecule has 0 saturated carbocycles. The van der Waals surface area contributed by atoms with Gasteiger partial charge in [0.15, 0.2) is 0 Å². The fourth-order valence-corrected chi connectivity index (χ4v) is 3.05. The van der Waals surface area contributed by atoms with Gasteiger partial charge < -0.3 is 24.7 Å². The second-order valence-electron chi connectivity index (χ2n) is 6.21. The monoisotopic (exact) mass is 380 g/mol. The number of rotatable bonds is 7. The zero-order valence-electron chi connectivity index (χ0n) is 16.2. The quantitative estimate of drug-likeness (QED) is 0.661. The summed E-state index contributed by atoms with van der Waals surface area (Å²) in [5.74, 6) is 2.12. The molecule has 0 aliphatic rings. The van der Waals surface area contributed by atoms with Gasteiger partial charge in [0, 0.05) is 37.1 Å². The molecule has 7 nitrogen and oxygen atoms in total. The summed E-state index contributed by atoms with van der Waals surface area (Å²) < 4.78 is 12.7. The molecular formula is C21H24N4O3. The van der Waals surface area contributed by atoms with E-state index < -0.39 is 6.04 Å². The van der Waals surface area contributed by atoms with E-state index in [2.05, 4.69) is 15.6 Å². The number of carbonyl (C=O) groups is 1. The van der Waals surface area contributed by atoms with Crippen molar-refractivity contribution in [3.63, 3.8) is 0 Å². The maximum Gasteiger partial charge on any atom is 0.315 e. The molecule has 2 amide bonds. The number of imidazole rings is 1. The van der Waals surface area contributed by atoms with Crippen LogP contribution < -0.4 is 20.1 Å². The Bertz CT molecular complexity index is 939. The van der Waals surface area contributed by atoms with E-state index >= 15 is 0 Å². The number of hydrogen-bond acceptors (Lipinski definition) is 4. The lowest BCUT2D eigenvalue weighted by molar-refractivity contribution is 0.237. The van der Waals surface area contributed by atoms with Crippen LogP contribution in [0.4, 0.5) is 4.79 Å². The number of urea groups is 1. The van der Waals surface area contributed by atoms with Crippen molar-refractivity contribution in [2.24, 2.45) is 7.05 Å². The molecule has 3 aromatic rings. The Labute approximate surface area is 164 Å². The summed E-state index contributed by atoms with van der Waals surface area (Å²) in [7, 11) is 5.10. The normalized spacial score (nSPS) is 11.5. The molecule has 0 bridgehead atoms. The largest absolute Gasteiger partial charge is 0.496 e. The molecule has 7 heteroatoms. The van der Waals surface area contributed by atoms with Gasteiger partial charge in [0.2, 0.25) is 0 Å². The van der Waals surface area contributed by atoms with E-state index in [0.717, 1.165) is 16.9 Å². The molecule has 0 fully saturated rings. The summed E-state index contributed by atoms with van der Waals surface area (Å²) in [6.07, 6.45) is 3.54. The van der Waals surface area contributed by atoms with Crippen LogP contribution in [-0.2, 0) is 13.6 Å². The maximum absolute atomic E-state index is 12.7. The number of nitrogens with one attached hydrogen (secondary N) is 2. The minimum Gasteiger partial charge on any atom is -0.496 e. The van der Waals surface area contributed by atoms with E-state index in [9.17, 15) is 4.79 Å². The van der Waals surface area contributed by atoms with Gasteiger partial charge >= 0.3 is 6.03 Å². The molecule has 146 valence electrons. The summed E-state index contributed by atoms with van der Waals surface area (Å²) in [5.41, 5.74) is 1.72. The number of hydrogen-bond donors (Lipinski definition) is 2. The summed E-state index contributed by atoms with van der Waals surface area (Å²) in [4.78, 5) is 17.1. The van der Waals surface area contributed by atoms with Crippen LogP contribution in [0.5, 0.6) is 11.5 Å². The number of nitrogens with zero attached hydrogens (tertiary/aromatic N) is 2. The molecule has 0 radical (unpaired) electrons. The van der Waals surface area contributed by atoms with E-state index in [0.29, 0.717) is 18.1 Å². The molecule has 1 heterocycles. The Morgan fingerprint density at radius 2 is 1.75 bits per heavy atom. The van der Waals surface area contributed by atoms with E-state index in [4.69, 9.17) is 9.47 Å². The average Bonchev–Trinajstić information content (AvgIpc) is 3.16. The molecule has 0 spiro atoms. The number of para-hydroxylation sites is 2. The predicted octanol–water partition coefficient (Wildman–Crippen LogP) is 3.03. The van der Waals surface area contributed by atoms with Crippen LogP contribution in [0.1, 0.15) is 23.0 Å². The summed E-state index contributed by atoms with van der Waals surface area (Å²) in [5, 5.41) is 5.89. The zero-order valence-corrected chi connectivity index (χ0v) is 16.2. The summed E-state index contributed by atoms with van der Waals surface area (Å²) in [6, 6.07) is 14.4. The highest BCUT2D eigenvalue weighted by Gasteiger charge is 2.23. The number of benzene rings is 2. The fourth-order valence-electron chi connectivity index (χ4n) is 3.05. The van der Waals surface area contributed by atoms with Gasteiger partial charge in [-0.3, -0.25) is 0 Å². The molecule has 1 aromatic heterocycles. The van der Waals surface area contributed by atoms with Crippen molar-refractivity contribution in [3.8, 4) is 11.5 Å². The summed E-state index contributed by atoms with van der Waals surface area (Å²) in [6.45, 7) is 0.342. The van der Waals surface area contributed by atoms with Gasteiger partial charge in [-0.2, -0.15) is 0 Å². The number of aromatic nitrogens is 2. The Morgan fingerprint density at radius 1 is 1.07 bits per heavy atom. The van der Waals surface area contributed by atoms with Gasteiger partial charge in [-0.15, -0.1) is 0 Å². The third-order valence-electron chi connectivity index (χ3n) is 4.47. The molecule has 28 heavy (non-hydrogen) atoms. The first kappa shape index (κ1) is 19.3. The standard InChI is InChI=1S/C21H24N4O3/c1-25-13-12-22-20(25)19(16-9-5-7-11-18(16)28-3)24-21(26)23-14-15-8-4-6-10-17(15)27-2/h4-13,19H,14H2,1-3H3,(H2,23,24,26). The topological polar surface area (TPSA) is 77.4 Å². The maximum atomic E-state index is 12.7. The van der Waals surface area contributed by atoms with Crippen molar-refractivity contribution in [2.45, 2.75) is 12.6 Å². The number of aryl methyl sites for hydroxylation is 1. The first-order valence-electron chi connectivity index (χ1n) is 8.90. The summed E-state index contributed by atoms with van der Waals surface area (Å²) >= 11 is 0. The number of carbonyl (C=O) groups excluding carboxylic acids is 1. The van der Waals surface area contributed by atoms with Crippen molar-refractivity contribution < 1.29 is 14.3 Å². The molecule has 0 aliphatic carbocycles. The minimum atomic E-state index is -0.464. The van der Waals surface area contributed by atoms with E-state index in [-0.39, 0.29) is 6.03 Å². The van der Waals surface area contributed by atoms with E-state index in [1.807, 2.05) is 66.3 Å². The molecule has 0 aliphatic heterocycles. The lowest BCUT2D eigenvalue weighted by Crippen LogP contribution is -2.39. The number of amides is 2. The van der Waals surface area contributed by atoms with Crippen LogP contribution in [0.15, 0.2) is 60.9 Å². The molecule has 3 rings (SSSR count). The highest BCUT2D eigenvalue weighted by atomic mass is 16.5. The molecule has 1 atom stereocenters. The van der Waals surface area contributed by atoms with Crippen LogP contribution in [0.3, 0.4) is 0 Å². The first-order chi connectivity index (χ1) is 13.6. The number of ether oxygens (including phenoxy) is 2. The van der Waals surface area contributed by atoms with Crippen LogP contribution in [0.2, 0.25) is 0 Å². The fraction of sp³-hybridized carbons (Fsp3) is 0.238. The average molecular weight is 380 g/mol. The van der Waals surface area contributed by atoms with Crippen LogP contribution in [0.25, 0.3) is 0 Å². The van der Waals surface area contributed by atoms with Gasteiger partial charge in [-0.25, -0.2) is 9.78 Å². The smallest absolute Gasteiger partial charge is 0.315 e. The highest BCUT2D eigenvalue weighted by molar-refractivity contribution is 5.75. The van der Waals surface area contributed by atoms with Crippen LogP contribution >= 0.6 is 0 Å². The molecular weight excluding hydrogens is 356 g/mol.